The number of anilines is 5. The van der Waals surface area contributed by atoms with Gasteiger partial charge in [-0.2, -0.15) is 18.2 Å². The second kappa shape index (κ2) is 13.4. The summed E-state index contributed by atoms with van der Waals surface area (Å²) in [5.74, 6) is -0.769. The average Bonchev–Trinajstić information content (AvgIpc) is 3.56. The average molecular weight is 665 g/mol. The topological polar surface area (TPSA) is 138 Å². The number of amides is 1. The van der Waals surface area contributed by atoms with Crippen molar-refractivity contribution in [3.8, 4) is 5.75 Å². The summed E-state index contributed by atoms with van der Waals surface area (Å²) in [5.41, 5.74) is 1.64. The number of rotatable bonds is 12. The number of benzene rings is 2. The Morgan fingerprint density at radius 1 is 1.11 bits per heavy atom. The number of carbonyl (C=O) groups excluding carboxylic acids is 1. The third-order valence-corrected chi connectivity index (χ3v) is 9.69. The number of fused-ring (bicyclic) bond motifs is 1. The number of carbonyl (C=O) groups is 1. The summed E-state index contributed by atoms with van der Waals surface area (Å²) in [6, 6.07) is 8.16. The quantitative estimate of drug-likeness (QED) is 0.199. The van der Waals surface area contributed by atoms with Crippen LogP contribution in [0.15, 0.2) is 36.5 Å². The van der Waals surface area contributed by atoms with Gasteiger partial charge in [0.25, 0.3) is 5.91 Å². The van der Waals surface area contributed by atoms with Crippen molar-refractivity contribution >= 4 is 42.3 Å². The van der Waals surface area contributed by atoms with Crippen molar-refractivity contribution in [2.45, 2.75) is 45.3 Å². The first-order chi connectivity index (χ1) is 21.9. The molecule has 0 saturated carbocycles. The molecule has 1 saturated heterocycles. The highest BCUT2D eigenvalue weighted by Crippen LogP contribution is 2.52. The zero-order chi connectivity index (χ0) is 33.2. The third kappa shape index (κ3) is 7.07. The van der Waals surface area contributed by atoms with Crippen molar-refractivity contribution in [3.63, 3.8) is 0 Å². The number of halogens is 3. The molecule has 3 heterocycles. The minimum absolute atomic E-state index is 0.00840. The van der Waals surface area contributed by atoms with E-state index in [1.807, 2.05) is 4.90 Å². The van der Waals surface area contributed by atoms with Crippen LogP contribution < -0.4 is 20.3 Å². The van der Waals surface area contributed by atoms with E-state index in [1.165, 1.54) is 12.0 Å². The van der Waals surface area contributed by atoms with Crippen LogP contribution in [0.2, 0.25) is 0 Å². The first-order valence-corrected chi connectivity index (χ1v) is 16.5. The lowest BCUT2D eigenvalue weighted by molar-refractivity contribution is -0.137. The van der Waals surface area contributed by atoms with Crippen LogP contribution in [-0.4, -0.2) is 72.4 Å². The highest BCUT2D eigenvalue weighted by Gasteiger charge is 2.37. The zero-order valence-corrected chi connectivity index (χ0v) is 26.7. The molecule has 1 aromatic heterocycles. The van der Waals surface area contributed by atoms with Crippen LogP contribution in [0.25, 0.3) is 0 Å². The van der Waals surface area contributed by atoms with Crippen LogP contribution in [-0.2, 0) is 32.5 Å². The van der Waals surface area contributed by atoms with Gasteiger partial charge in [0.2, 0.25) is 5.95 Å². The molecule has 46 heavy (non-hydrogen) atoms. The van der Waals surface area contributed by atoms with E-state index in [9.17, 15) is 27.6 Å². The predicted octanol–water partition coefficient (Wildman–Crippen LogP) is 5.91. The number of nitrogens with zero attached hydrogens (tertiary/aromatic N) is 4. The Kier molecular flexibility index (Phi) is 9.78. The number of methoxy groups -OCH3 is 1. The standard InChI is InChI=1S/C30H36F3N6O6P/c1-5-44-46(42,45-6-2)17-18-7-8-22(25(13-18)43-4)36-29-34-14-21(30(31,32)33)27(37-29)35-23-9-10-24(39-12-11-19(40)15-39)20-16-38(3)28(41)26(20)23/h7-10,13-14,19,40H,5-6,11-12,15-17H2,1-4H3,(H2,34,35,36,37)/t19-/m0/s1. The number of nitrogens with one attached hydrogen (secondary N) is 2. The maximum absolute atomic E-state index is 14.1. The minimum atomic E-state index is -4.80. The van der Waals surface area contributed by atoms with Crippen molar-refractivity contribution in [2.75, 3.05) is 56.0 Å². The van der Waals surface area contributed by atoms with E-state index in [-0.39, 0.29) is 49.0 Å². The Balaban J connectivity index is 1.47. The number of ether oxygens (including phenoxy) is 1. The van der Waals surface area contributed by atoms with Gasteiger partial charge in [-0.1, -0.05) is 6.07 Å². The molecule has 3 aromatic rings. The van der Waals surface area contributed by atoms with Gasteiger partial charge in [-0.3, -0.25) is 9.36 Å². The highest BCUT2D eigenvalue weighted by atomic mass is 31.2. The molecule has 0 radical (unpaired) electrons. The molecule has 1 fully saturated rings. The molecule has 1 atom stereocenters. The normalized spacial score (nSPS) is 16.6. The van der Waals surface area contributed by atoms with E-state index < -0.39 is 31.3 Å². The number of aliphatic hydroxyl groups is 1. The van der Waals surface area contributed by atoms with Crippen LogP contribution >= 0.6 is 7.60 Å². The predicted molar refractivity (Wildman–Crippen MR) is 166 cm³/mol. The summed E-state index contributed by atoms with van der Waals surface area (Å²) in [6.07, 6.45) is -4.06. The fourth-order valence-corrected chi connectivity index (χ4v) is 7.27. The first-order valence-electron chi connectivity index (χ1n) is 14.7. The number of aliphatic hydroxyl groups excluding tert-OH is 1. The summed E-state index contributed by atoms with van der Waals surface area (Å²) in [7, 11) is -0.366. The van der Waals surface area contributed by atoms with Crippen molar-refractivity contribution in [2.24, 2.45) is 0 Å². The number of alkyl halides is 3. The van der Waals surface area contributed by atoms with Crippen LogP contribution in [0.5, 0.6) is 5.75 Å². The smallest absolute Gasteiger partial charge is 0.421 e. The van der Waals surface area contributed by atoms with Crippen molar-refractivity contribution < 1.29 is 41.4 Å². The lowest BCUT2D eigenvalue weighted by atomic mass is 10.0. The maximum Gasteiger partial charge on any atom is 0.421 e. The number of hydrogen-bond acceptors (Lipinski definition) is 11. The van der Waals surface area contributed by atoms with Gasteiger partial charge in [-0.25, -0.2) is 4.98 Å². The van der Waals surface area contributed by atoms with E-state index in [4.69, 9.17) is 13.8 Å². The van der Waals surface area contributed by atoms with Gasteiger partial charge in [0.05, 0.1) is 49.5 Å². The van der Waals surface area contributed by atoms with Crippen LogP contribution in [0.3, 0.4) is 0 Å². The Bertz CT molecular complexity index is 1650. The summed E-state index contributed by atoms with van der Waals surface area (Å²) in [5, 5.41) is 15.7. The van der Waals surface area contributed by atoms with Crippen molar-refractivity contribution in [3.05, 3.63) is 58.8 Å². The fraction of sp³-hybridized carbons (Fsp3) is 0.433. The summed E-state index contributed by atoms with van der Waals surface area (Å²) in [6.45, 7) is 5.11. The first kappa shape index (κ1) is 33.5. The van der Waals surface area contributed by atoms with Crippen molar-refractivity contribution in [1.29, 1.82) is 0 Å². The van der Waals surface area contributed by atoms with Crippen LogP contribution in [0.4, 0.5) is 42.0 Å². The van der Waals surface area contributed by atoms with Gasteiger partial charge in [0.1, 0.15) is 17.1 Å². The molecule has 0 aliphatic carbocycles. The van der Waals surface area contributed by atoms with Gasteiger partial charge in [-0.05, 0) is 50.1 Å². The van der Waals surface area contributed by atoms with Gasteiger partial charge in [-0.15, -0.1) is 0 Å². The van der Waals surface area contributed by atoms with E-state index in [0.717, 1.165) is 5.69 Å². The van der Waals surface area contributed by atoms with Gasteiger partial charge < -0.3 is 39.3 Å². The Labute approximate surface area is 264 Å². The molecule has 1 amide bonds. The lowest BCUT2D eigenvalue weighted by Gasteiger charge is -2.22. The molecule has 3 N–H and O–H groups in total. The lowest BCUT2D eigenvalue weighted by Crippen LogP contribution is -2.22. The molecule has 0 spiro atoms. The highest BCUT2D eigenvalue weighted by molar-refractivity contribution is 7.53. The second-order valence-electron chi connectivity index (χ2n) is 10.9. The molecular formula is C30H36F3N6O6P. The van der Waals surface area contributed by atoms with E-state index in [1.54, 1.807) is 51.2 Å². The number of aromatic nitrogens is 2. The monoisotopic (exact) mass is 664 g/mol. The van der Waals surface area contributed by atoms with Crippen molar-refractivity contribution in [1.82, 2.24) is 14.9 Å². The molecule has 2 aliphatic heterocycles. The Morgan fingerprint density at radius 2 is 1.83 bits per heavy atom. The number of hydrogen-bond donors (Lipinski definition) is 3. The summed E-state index contributed by atoms with van der Waals surface area (Å²) in [4.78, 5) is 24.7. The molecule has 5 rings (SSSR count). The SMILES string of the molecule is CCOP(=O)(Cc1ccc(Nc2ncc(C(F)(F)F)c(Nc3ccc(N4CC[C@H](O)C4)c4c3C(=O)N(C)C4)n2)c(OC)c1)OCC. The fourth-order valence-electron chi connectivity index (χ4n) is 5.58. The van der Waals surface area contributed by atoms with E-state index in [2.05, 4.69) is 20.6 Å². The summed E-state index contributed by atoms with van der Waals surface area (Å²) < 4.78 is 71.6. The second-order valence-corrected chi connectivity index (χ2v) is 12.9. The molecule has 248 valence electrons. The molecule has 0 unspecified atom stereocenters. The molecule has 2 aromatic carbocycles. The molecule has 12 nitrogen and oxygen atoms in total. The molecular weight excluding hydrogens is 628 g/mol. The summed E-state index contributed by atoms with van der Waals surface area (Å²) >= 11 is 0. The maximum atomic E-state index is 14.1. The van der Waals surface area contributed by atoms with Crippen LogP contribution in [0, 0.1) is 0 Å². The Hall–Kier alpha value is -3.91. The molecule has 0 bridgehead atoms. The minimum Gasteiger partial charge on any atom is -0.495 e. The molecule has 16 heteroatoms. The third-order valence-electron chi connectivity index (χ3n) is 7.64. The van der Waals surface area contributed by atoms with E-state index >= 15 is 0 Å². The van der Waals surface area contributed by atoms with Crippen LogP contribution in [0.1, 0.15) is 47.3 Å². The van der Waals surface area contributed by atoms with E-state index in [0.29, 0.717) is 48.3 Å². The zero-order valence-electron chi connectivity index (χ0n) is 25.8. The van der Waals surface area contributed by atoms with Gasteiger partial charge in [0.15, 0.2) is 0 Å². The molecule has 2 aliphatic rings. The van der Waals surface area contributed by atoms with Gasteiger partial charge in [0, 0.05) is 44.1 Å². The largest absolute Gasteiger partial charge is 0.495 e. The number of β-amino-alcohol motifs (C(OH)–C–C–N with tert-alkyl or cyclic N) is 1. The Morgan fingerprint density at radius 3 is 2.46 bits per heavy atom. The van der Waals surface area contributed by atoms with Gasteiger partial charge >= 0.3 is 13.8 Å².